The number of aromatic nitrogens is 3. The Bertz CT molecular complexity index is 1080. The summed E-state index contributed by atoms with van der Waals surface area (Å²) in [7, 11) is 0. The molecule has 3 N–H and O–H groups in total. The van der Waals surface area contributed by atoms with Crippen LogP contribution in [-0.2, 0) is 16.1 Å². The van der Waals surface area contributed by atoms with Crippen molar-refractivity contribution in [2.24, 2.45) is 20.4 Å². The fourth-order valence-corrected chi connectivity index (χ4v) is 2.40. The molecular weight excluding hydrogens is 446 g/mol. The van der Waals surface area contributed by atoms with Gasteiger partial charge in [0.1, 0.15) is 18.9 Å². The SMILES string of the molecule is CCC(N=NCC(C(=O)O)[n+]1ccn(C(=O)O)c1)=NN=c1ccccn1CCC(=O)O.[Cl-]. The van der Waals surface area contributed by atoms with E-state index < -0.39 is 24.1 Å². The Morgan fingerprint density at radius 1 is 1.16 bits per heavy atom. The first-order chi connectivity index (χ1) is 14.8. The van der Waals surface area contributed by atoms with Crippen molar-refractivity contribution < 1.29 is 46.7 Å². The van der Waals surface area contributed by atoms with Crippen molar-refractivity contribution in [3.8, 4) is 0 Å². The van der Waals surface area contributed by atoms with Crippen molar-refractivity contribution >= 4 is 23.9 Å². The van der Waals surface area contributed by atoms with Crippen LogP contribution in [0.4, 0.5) is 4.79 Å². The molecule has 0 saturated heterocycles. The van der Waals surface area contributed by atoms with Gasteiger partial charge in [0, 0.05) is 19.2 Å². The summed E-state index contributed by atoms with van der Waals surface area (Å²) < 4.78 is 3.66. The lowest BCUT2D eigenvalue weighted by Crippen LogP contribution is -3.00. The van der Waals surface area contributed by atoms with Crippen molar-refractivity contribution in [1.82, 2.24) is 9.13 Å². The summed E-state index contributed by atoms with van der Waals surface area (Å²) in [5.41, 5.74) is 0.430. The van der Waals surface area contributed by atoms with Crippen LogP contribution < -0.4 is 22.5 Å². The van der Waals surface area contributed by atoms with Crippen LogP contribution in [0, 0.1) is 0 Å². The van der Waals surface area contributed by atoms with Gasteiger partial charge in [-0.1, -0.05) is 13.0 Å². The van der Waals surface area contributed by atoms with E-state index in [-0.39, 0.29) is 37.8 Å². The zero-order valence-electron chi connectivity index (χ0n) is 17.0. The number of nitrogens with zero attached hydrogens (tertiary/aromatic N) is 7. The number of imidazole rings is 1. The molecule has 0 bridgehead atoms. The van der Waals surface area contributed by atoms with E-state index in [9.17, 15) is 19.5 Å². The highest BCUT2D eigenvalue weighted by atomic mass is 35.5. The fraction of sp³-hybridized carbons (Fsp3) is 0.333. The smallest absolute Gasteiger partial charge is 0.509 e. The number of azo groups is 1. The highest BCUT2D eigenvalue weighted by Crippen LogP contribution is 2.01. The Balaban J connectivity index is 0.00000512. The van der Waals surface area contributed by atoms with Crippen LogP contribution in [0.25, 0.3) is 0 Å². The van der Waals surface area contributed by atoms with Crippen LogP contribution in [0.3, 0.4) is 0 Å². The van der Waals surface area contributed by atoms with Crippen LogP contribution in [-0.4, -0.2) is 54.9 Å². The third-order valence-electron chi connectivity index (χ3n) is 4.03. The molecule has 0 radical (unpaired) electrons. The minimum absolute atomic E-state index is 0. The summed E-state index contributed by atoms with van der Waals surface area (Å²) in [4.78, 5) is 33.2. The molecule has 0 spiro atoms. The maximum absolute atomic E-state index is 11.5. The van der Waals surface area contributed by atoms with Gasteiger partial charge in [0.15, 0.2) is 11.3 Å². The lowest BCUT2D eigenvalue weighted by atomic mass is 10.3. The van der Waals surface area contributed by atoms with Gasteiger partial charge in [-0.2, -0.15) is 9.91 Å². The molecule has 1 atom stereocenters. The van der Waals surface area contributed by atoms with Crippen LogP contribution >= 0.6 is 0 Å². The second kappa shape index (κ2) is 12.7. The van der Waals surface area contributed by atoms with Gasteiger partial charge < -0.3 is 32.3 Å². The van der Waals surface area contributed by atoms with E-state index in [1.165, 1.54) is 17.0 Å². The molecule has 0 aromatic carbocycles. The Labute approximate surface area is 188 Å². The summed E-state index contributed by atoms with van der Waals surface area (Å²) >= 11 is 0. The number of hydrogen-bond donors (Lipinski definition) is 3. The summed E-state index contributed by atoms with van der Waals surface area (Å²) in [6.45, 7) is 1.75. The quantitative estimate of drug-likeness (QED) is 0.126. The highest BCUT2D eigenvalue weighted by molar-refractivity contribution is 5.82. The van der Waals surface area contributed by atoms with E-state index in [0.717, 1.165) is 10.9 Å². The number of hydrogen-bond acceptors (Lipinski definition) is 6. The van der Waals surface area contributed by atoms with Crippen molar-refractivity contribution in [2.45, 2.75) is 32.4 Å². The van der Waals surface area contributed by atoms with Crippen molar-refractivity contribution in [1.29, 1.82) is 0 Å². The first kappa shape index (κ1) is 26.2. The van der Waals surface area contributed by atoms with Crippen molar-refractivity contribution in [3.63, 3.8) is 0 Å². The van der Waals surface area contributed by atoms with E-state index >= 15 is 0 Å². The summed E-state index contributed by atoms with van der Waals surface area (Å²) in [6.07, 6.45) is 4.40. The molecular formula is C18H22ClN7O6. The summed E-state index contributed by atoms with van der Waals surface area (Å²) in [5, 5.41) is 43.1. The first-order valence-corrected chi connectivity index (χ1v) is 9.22. The number of halogens is 1. The predicted octanol–water partition coefficient (Wildman–Crippen LogP) is -2.02. The third-order valence-corrected chi connectivity index (χ3v) is 4.03. The van der Waals surface area contributed by atoms with Gasteiger partial charge >= 0.3 is 18.0 Å². The van der Waals surface area contributed by atoms with Crippen LogP contribution in [0.2, 0.25) is 0 Å². The second-order valence-electron chi connectivity index (χ2n) is 6.19. The van der Waals surface area contributed by atoms with E-state index in [0.29, 0.717) is 11.9 Å². The molecule has 32 heavy (non-hydrogen) atoms. The van der Waals surface area contributed by atoms with E-state index in [1.54, 1.807) is 35.9 Å². The van der Waals surface area contributed by atoms with Gasteiger partial charge in [-0.25, -0.2) is 9.36 Å². The van der Waals surface area contributed by atoms with Gasteiger partial charge in [-0.3, -0.25) is 4.79 Å². The predicted molar refractivity (Wildman–Crippen MR) is 104 cm³/mol. The van der Waals surface area contributed by atoms with Crippen molar-refractivity contribution in [3.05, 3.63) is 48.6 Å². The standard InChI is InChI=1S/C18H21N7O6.ClH/c1-2-14(21-22-15-5-3-4-7-23(15)8-6-16(26)27)20-19-11-13(17(28)29)24-9-10-25(12-24)18(30)31;/h3-5,7,9-10,12-13H,2,6,8,11H2,1H3,(H2-,26,27,28,29,30,31);1H. The topological polar surface area (TPSA) is 175 Å². The lowest BCUT2D eigenvalue weighted by molar-refractivity contribution is -0.707. The summed E-state index contributed by atoms with van der Waals surface area (Å²) in [5.74, 6) is -1.89. The molecule has 1 unspecified atom stereocenters. The summed E-state index contributed by atoms with van der Waals surface area (Å²) in [6, 6.07) is 4.00. The Morgan fingerprint density at radius 3 is 2.50 bits per heavy atom. The molecule has 0 saturated carbocycles. The monoisotopic (exact) mass is 467 g/mol. The van der Waals surface area contributed by atoms with Crippen LogP contribution in [0.1, 0.15) is 25.8 Å². The normalized spacial score (nSPS) is 13.0. The number of carboxylic acids is 2. The molecule has 2 aromatic rings. The zero-order valence-corrected chi connectivity index (χ0v) is 17.8. The molecule has 0 fully saturated rings. The van der Waals surface area contributed by atoms with Gasteiger partial charge in [-0.05, 0) is 12.1 Å². The Morgan fingerprint density at radius 2 is 1.91 bits per heavy atom. The average Bonchev–Trinajstić information content (AvgIpc) is 3.22. The minimum Gasteiger partial charge on any atom is -1.00 e. The minimum atomic E-state index is -1.24. The van der Waals surface area contributed by atoms with Gasteiger partial charge in [0.2, 0.25) is 6.04 Å². The molecule has 2 aromatic heterocycles. The van der Waals surface area contributed by atoms with Gasteiger partial charge in [0.25, 0.3) is 6.33 Å². The maximum Gasteiger partial charge on any atom is 0.509 e. The van der Waals surface area contributed by atoms with Crippen LogP contribution in [0.5, 0.6) is 0 Å². The zero-order chi connectivity index (χ0) is 22.8. The molecule has 172 valence electrons. The second-order valence-corrected chi connectivity index (χ2v) is 6.19. The number of carboxylic acid groups (broad SMARTS) is 3. The number of pyridine rings is 1. The van der Waals surface area contributed by atoms with Gasteiger partial charge in [0.05, 0.1) is 6.42 Å². The number of rotatable bonds is 9. The molecule has 0 aliphatic carbocycles. The average molecular weight is 468 g/mol. The number of amidine groups is 1. The maximum atomic E-state index is 11.5. The molecule has 13 nitrogen and oxygen atoms in total. The largest absolute Gasteiger partial charge is 1.00 e. The van der Waals surface area contributed by atoms with Crippen molar-refractivity contribution in [2.75, 3.05) is 6.54 Å². The highest BCUT2D eigenvalue weighted by Gasteiger charge is 2.26. The molecule has 0 amide bonds. The third kappa shape index (κ3) is 7.75. The number of carbonyl (C=O) groups is 3. The van der Waals surface area contributed by atoms with E-state index in [4.69, 9.17) is 10.2 Å². The van der Waals surface area contributed by atoms with E-state index in [2.05, 4.69) is 20.4 Å². The molecule has 2 heterocycles. The van der Waals surface area contributed by atoms with Crippen LogP contribution in [0.15, 0.2) is 63.5 Å². The fourth-order valence-electron chi connectivity index (χ4n) is 2.40. The van der Waals surface area contributed by atoms with Gasteiger partial charge in [-0.15, -0.1) is 19.9 Å². The molecule has 0 aliphatic heterocycles. The first-order valence-electron chi connectivity index (χ1n) is 9.22. The van der Waals surface area contributed by atoms with E-state index in [1.807, 2.05) is 0 Å². The Hall–Kier alpha value is -3.87. The number of aliphatic carboxylic acids is 2. The number of aryl methyl sites for hydroxylation is 1. The Kier molecular flexibility index (Phi) is 10.4. The molecule has 14 heteroatoms. The molecule has 0 aliphatic rings. The lowest BCUT2D eigenvalue weighted by Gasteiger charge is -2.05. The molecule has 2 rings (SSSR count).